The molecule has 7 heteroatoms. The number of amides is 2. The number of benzene rings is 1. The molecule has 120 valence electrons. The number of hydrogen-bond acceptors (Lipinski definition) is 5. The molecule has 0 saturated carbocycles. The maximum absolute atomic E-state index is 12.3. The average Bonchev–Trinajstić information content (AvgIpc) is 3.09. The van der Waals surface area contributed by atoms with E-state index in [0.29, 0.717) is 38.5 Å². The van der Waals surface area contributed by atoms with Gasteiger partial charge in [-0.15, -0.1) is 10.2 Å². The van der Waals surface area contributed by atoms with E-state index in [2.05, 4.69) is 10.2 Å². The van der Waals surface area contributed by atoms with Crippen molar-refractivity contribution in [1.82, 2.24) is 20.0 Å². The number of carbonyl (C=O) groups excluding carboxylic acids is 2. The van der Waals surface area contributed by atoms with Crippen LogP contribution in [0, 0.1) is 0 Å². The van der Waals surface area contributed by atoms with Gasteiger partial charge in [-0.3, -0.25) is 9.59 Å². The molecule has 0 spiro atoms. The van der Waals surface area contributed by atoms with E-state index >= 15 is 0 Å². The minimum atomic E-state index is -0.269. The minimum Gasteiger partial charge on any atom is -0.417 e. The molecule has 3 rings (SSSR count). The van der Waals surface area contributed by atoms with Crippen molar-refractivity contribution < 1.29 is 14.0 Å². The molecule has 1 aliphatic rings. The van der Waals surface area contributed by atoms with Gasteiger partial charge in [0.2, 0.25) is 12.3 Å². The van der Waals surface area contributed by atoms with Crippen molar-refractivity contribution in [3.05, 3.63) is 47.7 Å². The number of piperazine rings is 1. The third-order valence-corrected chi connectivity index (χ3v) is 3.87. The molecular formula is C16H18N4O3. The Morgan fingerprint density at radius 3 is 2.52 bits per heavy atom. The second-order valence-electron chi connectivity index (χ2n) is 5.42. The van der Waals surface area contributed by atoms with Gasteiger partial charge in [-0.05, 0) is 12.0 Å². The van der Waals surface area contributed by atoms with E-state index in [1.54, 1.807) is 9.80 Å². The molecule has 0 bridgehead atoms. The average molecular weight is 314 g/mol. The summed E-state index contributed by atoms with van der Waals surface area (Å²) in [6.07, 6.45) is 2.19. The van der Waals surface area contributed by atoms with Crippen LogP contribution in [0.15, 0.2) is 34.7 Å². The highest BCUT2D eigenvalue weighted by atomic mass is 16.4. The lowest BCUT2D eigenvalue weighted by Crippen LogP contribution is -2.48. The van der Waals surface area contributed by atoms with Crippen LogP contribution in [0.4, 0.5) is 0 Å². The van der Waals surface area contributed by atoms with Gasteiger partial charge in [-0.1, -0.05) is 30.3 Å². The molecule has 2 heterocycles. The molecule has 23 heavy (non-hydrogen) atoms. The van der Waals surface area contributed by atoms with Crippen molar-refractivity contribution in [3.8, 4) is 0 Å². The zero-order valence-electron chi connectivity index (χ0n) is 12.7. The quantitative estimate of drug-likeness (QED) is 0.762. The Morgan fingerprint density at radius 1 is 1.09 bits per heavy atom. The fourth-order valence-corrected chi connectivity index (χ4v) is 2.50. The fourth-order valence-electron chi connectivity index (χ4n) is 2.50. The Kier molecular flexibility index (Phi) is 4.65. The Bertz CT molecular complexity index is 663. The van der Waals surface area contributed by atoms with E-state index in [9.17, 15) is 9.59 Å². The molecule has 0 unspecified atom stereocenters. The molecule has 2 amide bonds. The number of nitrogens with zero attached hydrogens (tertiary/aromatic N) is 4. The maximum Gasteiger partial charge on any atom is 0.311 e. The zero-order valence-corrected chi connectivity index (χ0v) is 12.7. The largest absolute Gasteiger partial charge is 0.417 e. The van der Waals surface area contributed by atoms with E-state index in [0.717, 1.165) is 12.8 Å². The van der Waals surface area contributed by atoms with Crippen molar-refractivity contribution >= 4 is 12.3 Å². The highest BCUT2D eigenvalue weighted by molar-refractivity contribution is 5.89. The van der Waals surface area contributed by atoms with Gasteiger partial charge in [0.15, 0.2) is 0 Å². The van der Waals surface area contributed by atoms with Crippen LogP contribution in [0.3, 0.4) is 0 Å². The summed E-state index contributed by atoms with van der Waals surface area (Å²) in [5.41, 5.74) is 1.18. The van der Waals surface area contributed by atoms with Crippen molar-refractivity contribution in [2.24, 2.45) is 0 Å². The van der Waals surface area contributed by atoms with Crippen molar-refractivity contribution in [1.29, 1.82) is 0 Å². The normalized spacial score (nSPS) is 14.8. The number of carbonyl (C=O) groups is 2. The lowest BCUT2D eigenvalue weighted by atomic mass is 10.1. The Labute approximate surface area is 133 Å². The summed E-state index contributed by atoms with van der Waals surface area (Å²) in [7, 11) is 0. The number of aromatic nitrogens is 2. The van der Waals surface area contributed by atoms with E-state index in [1.165, 1.54) is 5.56 Å². The lowest BCUT2D eigenvalue weighted by Gasteiger charge is -2.31. The zero-order chi connectivity index (χ0) is 16.1. The molecule has 1 fully saturated rings. The van der Waals surface area contributed by atoms with Gasteiger partial charge in [-0.25, -0.2) is 0 Å². The van der Waals surface area contributed by atoms with Gasteiger partial charge >= 0.3 is 11.8 Å². The molecule has 0 N–H and O–H groups in total. The SMILES string of the molecule is O=CN1CCN(C(=O)c2nnc(CCc3ccccc3)o2)CC1. The van der Waals surface area contributed by atoms with E-state index in [1.807, 2.05) is 30.3 Å². The highest BCUT2D eigenvalue weighted by Crippen LogP contribution is 2.10. The summed E-state index contributed by atoms with van der Waals surface area (Å²) in [5, 5.41) is 7.80. The third kappa shape index (κ3) is 3.74. The second-order valence-corrected chi connectivity index (χ2v) is 5.42. The predicted molar refractivity (Wildman–Crippen MR) is 81.7 cm³/mol. The van der Waals surface area contributed by atoms with Crippen LogP contribution in [-0.4, -0.2) is 58.5 Å². The van der Waals surface area contributed by atoms with Crippen LogP contribution in [-0.2, 0) is 17.6 Å². The van der Waals surface area contributed by atoms with Crippen LogP contribution in [0.2, 0.25) is 0 Å². The minimum absolute atomic E-state index is 0.0209. The first-order valence-corrected chi connectivity index (χ1v) is 7.61. The summed E-state index contributed by atoms with van der Waals surface area (Å²) in [6.45, 7) is 2.03. The molecule has 1 aliphatic heterocycles. The summed E-state index contributed by atoms with van der Waals surface area (Å²) in [4.78, 5) is 26.3. The monoisotopic (exact) mass is 314 g/mol. The number of hydrogen-bond donors (Lipinski definition) is 0. The van der Waals surface area contributed by atoms with Crippen LogP contribution in [0.5, 0.6) is 0 Å². The number of rotatable bonds is 5. The molecule has 1 aromatic carbocycles. The van der Waals surface area contributed by atoms with Crippen molar-refractivity contribution in [3.63, 3.8) is 0 Å². The summed E-state index contributed by atoms with van der Waals surface area (Å²) >= 11 is 0. The Morgan fingerprint density at radius 2 is 1.83 bits per heavy atom. The highest BCUT2D eigenvalue weighted by Gasteiger charge is 2.25. The molecule has 2 aromatic rings. The van der Waals surface area contributed by atoms with Crippen LogP contribution >= 0.6 is 0 Å². The fraction of sp³-hybridized carbons (Fsp3) is 0.375. The molecule has 7 nitrogen and oxygen atoms in total. The van der Waals surface area contributed by atoms with E-state index in [-0.39, 0.29) is 11.8 Å². The molecular weight excluding hydrogens is 296 g/mol. The predicted octanol–water partition coefficient (Wildman–Crippen LogP) is 0.769. The third-order valence-electron chi connectivity index (χ3n) is 3.87. The Hall–Kier alpha value is -2.70. The summed E-state index contributed by atoms with van der Waals surface area (Å²) in [5.74, 6) is 0.213. The van der Waals surface area contributed by atoms with E-state index < -0.39 is 0 Å². The topological polar surface area (TPSA) is 79.5 Å². The van der Waals surface area contributed by atoms with Gasteiger partial charge < -0.3 is 14.2 Å². The van der Waals surface area contributed by atoms with Gasteiger partial charge in [0.25, 0.3) is 0 Å². The maximum atomic E-state index is 12.3. The lowest BCUT2D eigenvalue weighted by molar-refractivity contribution is -0.119. The van der Waals surface area contributed by atoms with Gasteiger partial charge in [0, 0.05) is 32.6 Å². The molecule has 0 radical (unpaired) electrons. The smallest absolute Gasteiger partial charge is 0.311 e. The van der Waals surface area contributed by atoms with E-state index in [4.69, 9.17) is 4.42 Å². The number of aryl methyl sites for hydroxylation is 2. The first-order chi connectivity index (χ1) is 11.3. The first-order valence-electron chi connectivity index (χ1n) is 7.61. The van der Waals surface area contributed by atoms with Gasteiger partial charge in [0.05, 0.1) is 0 Å². The van der Waals surface area contributed by atoms with Gasteiger partial charge in [-0.2, -0.15) is 0 Å². The van der Waals surface area contributed by atoms with Crippen LogP contribution < -0.4 is 0 Å². The molecule has 0 aliphatic carbocycles. The standard InChI is InChI=1S/C16H18N4O3/c21-12-19-8-10-20(11-9-19)16(22)15-18-17-14(23-15)7-6-13-4-2-1-3-5-13/h1-5,12H,6-11H2. The molecule has 1 saturated heterocycles. The molecule has 1 aromatic heterocycles. The Balaban J connectivity index is 1.56. The summed E-state index contributed by atoms with van der Waals surface area (Å²) in [6, 6.07) is 10.0. The second kappa shape index (κ2) is 7.04. The summed E-state index contributed by atoms with van der Waals surface area (Å²) < 4.78 is 5.48. The molecule has 0 atom stereocenters. The van der Waals surface area contributed by atoms with Crippen LogP contribution in [0.1, 0.15) is 22.1 Å². The van der Waals surface area contributed by atoms with Crippen molar-refractivity contribution in [2.45, 2.75) is 12.8 Å². The van der Waals surface area contributed by atoms with Crippen molar-refractivity contribution in [2.75, 3.05) is 26.2 Å². The van der Waals surface area contributed by atoms with Crippen LogP contribution in [0.25, 0.3) is 0 Å². The van der Waals surface area contributed by atoms with Gasteiger partial charge in [0.1, 0.15) is 0 Å². The first kappa shape index (κ1) is 15.2.